The highest BCUT2D eigenvalue weighted by molar-refractivity contribution is 4.75. The van der Waals surface area contributed by atoms with Crippen LogP contribution in [0.2, 0.25) is 0 Å². The van der Waals surface area contributed by atoms with Gasteiger partial charge in [0.25, 0.3) is 0 Å². The zero-order valence-corrected chi connectivity index (χ0v) is 6.71. The van der Waals surface area contributed by atoms with Gasteiger partial charge in [-0.2, -0.15) is 0 Å². The molecule has 0 radical (unpaired) electrons. The summed E-state index contributed by atoms with van der Waals surface area (Å²) in [7, 11) is 0. The van der Waals surface area contributed by atoms with Crippen molar-refractivity contribution in [2.75, 3.05) is 26.2 Å². The molecule has 0 aromatic carbocycles. The summed E-state index contributed by atoms with van der Waals surface area (Å²) in [6.07, 6.45) is 2.12. The van der Waals surface area contributed by atoms with Gasteiger partial charge in [0.05, 0.1) is 0 Å². The van der Waals surface area contributed by atoms with Crippen LogP contribution in [0.25, 0.3) is 0 Å². The molecule has 0 aliphatic carbocycles. The van der Waals surface area contributed by atoms with Gasteiger partial charge in [-0.05, 0) is 25.3 Å². The normalized spacial score (nSPS) is 21.0. The quantitative estimate of drug-likeness (QED) is 0.586. The Kier molecular flexibility index (Phi) is 3.16. The minimum atomic E-state index is 0.351. The molecule has 0 aromatic rings. The smallest absolute Gasteiger partial charge is 0.0431 e. The Morgan fingerprint density at radius 2 is 2.10 bits per heavy atom. The van der Waals surface area contributed by atoms with Gasteiger partial charge in [0, 0.05) is 19.7 Å². The van der Waals surface area contributed by atoms with Crippen LogP contribution in [0.4, 0.5) is 0 Å². The van der Waals surface area contributed by atoms with Crippen LogP contribution >= 0.6 is 0 Å². The lowest BCUT2D eigenvalue weighted by atomic mass is 10.0. The zero-order valence-electron chi connectivity index (χ0n) is 6.71. The van der Waals surface area contributed by atoms with E-state index in [1.165, 1.54) is 19.6 Å². The number of hydrogen-bond donors (Lipinski definition) is 1. The summed E-state index contributed by atoms with van der Waals surface area (Å²) in [6, 6.07) is 0. The molecule has 1 rings (SSSR count). The molecule has 2 heteroatoms. The summed E-state index contributed by atoms with van der Waals surface area (Å²) in [5.41, 5.74) is 0. The number of nitrogens with zero attached hydrogens (tertiary/aromatic N) is 1. The molecule has 1 aliphatic rings. The van der Waals surface area contributed by atoms with Gasteiger partial charge in [-0.3, -0.25) is 0 Å². The van der Waals surface area contributed by atoms with E-state index in [9.17, 15) is 0 Å². The van der Waals surface area contributed by atoms with Gasteiger partial charge in [-0.1, -0.05) is 6.92 Å². The Balaban J connectivity index is 1.86. The predicted molar refractivity (Wildman–Crippen MR) is 41.9 cm³/mol. The first-order valence-corrected chi connectivity index (χ1v) is 4.16. The molecule has 1 fully saturated rings. The van der Waals surface area contributed by atoms with E-state index in [-0.39, 0.29) is 0 Å². The molecule has 2 nitrogen and oxygen atoms in total. The van der Waals surface area contributed by atoms with Crippen molar-refractivity contribution >= 4 is 0 Å². The topological polar surface area (TPSA) is 23.5 Å². The fourth-order valence-corrected chi connectivity index (χ4v) is 1.46. The zero-order chi connectivity index (χ0) is 7.40. The maximum Gasteiger partial charge on any atom is 0.0431 e. The van der Waals surface area contributed by atoms with Crippen molar-refractivity contribution in [3.05, 3.63) is 0 Å². The van der Waals surface area contributed by atoms with Gasteiger partial charge < -0.3 is 10.0 Å². The van der Waals surface area contributed by atoms with Crippen molar-refractivity contribution in [1.29, 1.82) is 0 Å². The van der Waals surface area contributed by atoms with Crippen molar-refractivity contribution in [2.45, 2.75) is 19.8 Å². The predicted octanol–water partition coefficient (Wildman–Crippen LogP) is 0.711. The van der Waals surface area contributed by atoms with Gasteiger partial charge in [0.15, 0.2) is 0 Å². The molecule has 10 heavy (non-hydrogen) atoms. The highest BCUT2D eigenvalue weighted by atomic mass is 16.2. The first-order valence-electron chi connectivity index (χ1n) is 4.16. The Hall–Kier alpha value is -0.0800. The minimum absolute atomic E-state index is 0.351. The number of aliphatic hydroxyl groups excluding tert-OH is 1. The first-order chi connectivity index (χ1) is 4.83. The van der Waals surface area contributed by atoms with E-state index >= 15 is 0 Å². The van der Waals surface area contributed by atoms with E-state index in [0.717, 1.165) is 18.8 Å². The highest BCUT2D eigenvalue weighted by Crippen LogP contribution is 2.13. The lowest BCUT2D eigenvalue weighted by molar-refractivity contribution is 0.108. The van der Waals surface area contributed by atoms with Crippen molar-refractivity contribution in [1.82, 2.24) is 4.90 Å². The Morgan fingerprint density at radius 3 is 2.60 bits per heavy atom. The van der Waals surface area contributed by atoms with E-state index < -0.39 is 0 Å². The van der Waals surface area contributed by atoms with Crippen molar-refractivity contribution in [3.63, 3.8) is 0 Å². The second-order valence-electron chi connectivity index (χ2n) is 3.30. The third kappa shape index (κ3) is 2.27. The number of likely N-dealkylation sites (tertiary alicyclic amines) is 1. The van der Waals surface area contributed by atoms with Crippen LogP contribution in [0, 0.1) is 5.92 Å². The van der Waals surface area contributed by atoms with E-state index in [1.807, 2.05) is 0 Å². The molecule has 0 atom stereocenters. The summed E-state index contributed by atoms with van der Waals surface area (Å²) in [5, 5.41) is 8.50. The largest absolute Gasteiger partial charge is 0.396 e. The van der Waals surface area contributed by atoms with Crippen LogP contribution in [0.15, 0.2) is 0 Å². The van der Waals surface area contributed by atoms with Crippen LogP contribution in [0.5, 0.6) is 0 Å². The van der Waals surface area contributed by atoms with E-state index in [4.69, 9.17) is 5.11 Å². The fraction of sp³-hybridized carbons (Fsp3) is 1.00. The van der Waals surface area contributed by atoms with Crippen LogP contribution in [0.3, 0.4) is 0 Å². The van der Waals surface area contributed by atoms with Crippen molar-refractivity contribution in [3.8, 4) is 0 Å². The molecule has 0 saturated carbocycles. The number of unbranched alkanes of at least 4 members (excludes halogenated alkanes) is 1. The number of aliphatic hydroxyl groups is 1. The number of hydrogen-bond acceptors (Lipinski definition) is 2. The second kappa shape index (κ2) is 3.94. The summed E-state index contributed by atoms with van der Waals surface area (Å²) in [6.45, 7) is 6.35. The number of rotatable bonds is 4. The van der Waals surface area contributed by atoms with E-state index in [2.05, 4.69) is 11.8 Å². The van der Waals surface area contributed by atoms with E-state index in [0.29, 0.717) is 6.61 Å². The molecule has 0 spiro atoms. The fourth-order valence-electron chi connectivity index (χ4n) is 1.46. The molecule has 1 saturated heterocycles. The molecule has 60 valence electrons. The lowest BCUT2D eigenvalue weighted by Gasteiger charge is -2.37. The highest BCUT2D eigenvalue weighted by Gasteiger charge is 2.20. The van der Waals surface area contributed by atoms with Crippen LogP contribution in [0.1, 0.15) is 19.8 Å². The lowest BCUT2D eigenvalue weighted by Crippen LogP contribution is -2.45. The SMILES string of the molecule is CC1CN(CCCCO)C1. The molecule has 0 aromatic heterocycles. The monoisotopic (exact) mass is 143 g/mol. The minimum Gasteiger partial charge on any atom is -0.396 e. The Bertz CT molecular complexity index is 89.3. The van der Waals surface area contributed by atoms with Crippen LogP contribution < -0.4 is 0 Å². The maximum atomic E-state index is 8.50. The maximum absolute atomic E-state index is 8.50. The molecule has 0 unspecified atom stereocenters. The summed E-state index contributed by atoms with van der Waals surface area (Å²) in [4.78, 5) is 2.44. The molecule has 1 aliphatic heterocycles. The summed E-state index contributed by atoms with van der Waals surface area (Å²) in [5.74, 6) is 0.911. The molecule has 1 N–H and O–H groups in total. The Morgan fingerprint density at radius 1 is 1.40 bits per heavy atom. The van der Waals surface area contributed by atoms with Gasteiger partial charge in [0.1, 0.15) is 0 Å². The molecule has 0 bridgehead atoms. The second-order valence-corrected chi connectivity index (χ2v) is 3.30. The third-order valence-electron chi connectivity index (χ3n) is 2.02. The van der Waals surface area contributed by atoms with Gasteiger partial charge >= 0.3 is 0 Å². The average molecular weight is 143 g/mol. The summed E-state index contributed by atoms with van der Waals surface area (Å²) >= 11 is 0. The van der Waals surface area contributed by atoms with Crippen molar-refractivity contribution in [2.24, 2.45) is 5.92 Å². The first kappa shape index (κ1) is 8.02. The van der Waals surface area contributed by atoms with Gasteiger partial charge in [-0.25, -0.2) is 0 Å². The van der Waals surface area contributed by atoms with Crippen molar-refractivity contribution < 1.29 is 5.11 Å². The molecule has 0 amide bonds. The van der Waals surface area contributed by atoms with Crippen LogP contribution in [-0.4, -0.2) is 36.2 Å². The molecular weight excluding hydrogens is 126 g/mol. The average Bonchev–Trinajstić information content (AvgIpc) is 1.85. The Labute approximate surface area is 62.8 Å². The van der Waals surface area contributed by atoms with Gasteiger partial charge in [-0.15, -0.1) is 0 Å². The molecule has 1 heterocycles. The standard InChI is InChI=1S/C8H17NO/c1-8-6-9(7-8)4-2-3-5-10/h8,10H,2-7H2,1H3. The third-order valence-corrected chi connectivity index (χ3v) is 2.02. The van der Waals surface area contributed by atoms with Crippen LogP contribution in [-0.2, 0) is 0 Å². The van der Waals surface area contributed by atoms with E-state index in [1.54, 1.807) is 0 Å². The van der Waals surface area contributed by atoms with Gasteiger partial charge in [0.2, 0.25) is 0 Å². The summed E-state index contributed by atoms with van der Waals surface area (Å²) < 4.78 is 0. The molecular formula is C8H17NO.